The molecular weight excluding hydrogens is 267 g/mol. The molecule has 0 N–H and O–H groups in total. The summed E-state index contributed by atoms with van der Waals surface area (Å²) >= 11 is -1.26. The maximum absolute atomic E-state index is 5.56. The van der Waals surface area contributed by atoms with E-state index in [1.165, 1.54) is 0 Å². The van der Waals surface area contributed by atoms with Crippen LogP contribution in [-0.2, 0) is 24.1 Å². The first-order valence-electron chi connectivity index (χ1n) is 4.64. The van der Waals surface area contributed by atoms with Gasteiger partial charge in [0.1, 0.15) is 0 Å². The molecule has 0 aliphatic carbocycles. The first kappa shape index (κ1) is 10.4. The quantitative estimate of drug-likeness (QED) is 0.855. The SMILES string of the molecule is c1ccc([O][Zr][O]c2ccccc2)cc1. The second kappa shape index (κ2) is 5.72. The van der Waals surface area contributed by atoms with Gasteiger partial charge < -0.3 is 0 Å². The summed E-state index contributed by atoms with van der Waals surface area (Å²) in [6.45, 7) is 0. The van der Waals surface area contributed by atoms with Crippen molar-refractivity contribution in [3.05, 3.63) is 60.7 Å². The van der Waals surface area contributed by atoms with Gasteiger partial charge in [-0.05, 0) is 0 Å². The maximum atomic E-state index is 5.56. The Balaban J connectivity index is 1.81. The summed E-state index contributed by atoms with van der Waals surface area (Å²) in [4.78, 5) is 0. The van der Waals surface area contributed by atoms with Crippen LogP contribution < -0.4 is 5.63 Å². The molecular formula is C12H10O2Zr. The summed E-state index contributed by atoms with van der Waals surface area (Å²) in [6.07, 6.45) is 0. The van der Waals surface area contributed by atoms with Gasteiger partial charge in [0.25, 0.3) is 0 Å². The van der Waals surface area contributed by atoms with E-state index in [-0.39, 0.29) is 0 Å². The van der Waals surface area contributed by atoms with Crippen molar-refractivity contribution < 1.29 is 29.7 Å². The van der Waals surface area contributed by atoms with Crippen LogP contribution in [0.1, 0.15) is 0 Å². The first-order valence-corrected chi connectivity index (χ1v) is 6.64. The Morgan fingerprint density at radius 1 is 0.600 bits per heavy atom. The Bertz CT molecular complexity index is 349. The normalized spacial score (nSPS) is 9.33. The molecule has 2 aromatic rings. The van der Waals surface area contributed by atoms with Crippen LogP contribution in [0, 0.1) is 0 Å². The minimum absolute atomic E-state index is 0.889. The predicted octanol–water partition coefficient (Wildman–Crippen LogP) is 3.06. The van der Waals surface area contributed by atoms with Crippen LogP contribution in [0.2, 0.25) is 0 Å². The molecule has 0 atom stereocenters. The average molecular weight is 277 g/mol. The molecule has 0 spiro atoms. The van der Waals surface area contributed by atoms with E-state index >= 15 is 0 Å². The van der Waals surface area contributed by atoms with Crippen molar-refractivity contribution in [2.45, 2.75) is 0 Å². The van der Waals surface area contributed by atoms with Crippen molar-refractivity contribution in [1.82, 2.24) is 0 Å². The van der Waals surface area contributed by atoms with Crippen LogP contribution in [0.3, 0.4) is 0 Å². The Kier molecular flexibility index (Phi) is 3.98. The molecule has 0 heterocycles. The van der Waals surface area contributed by atoms with Crippen molar-refractivity contribution in [3.8, 4) is 11.5 Å². The van der Waals surface area contributed by atoms with E-state index in [1.807, 2.05) is 60.7 Å². The fourth-order valence-corrected chi connectivity index (χ4v) is 2.34. The van der Waals surface area contributed by atoms with Crippen LogP contribution in [0.4, 0.5) is 0 Å². The van der Waals surface area contributed by atoms with Crippen molar-refractivity contribution in [3.63, 3.8) is 0 Å². The van der Waals surface area contributed by atoms with Gasteiger partial charge in [-0.2, -0.15) is 0 Å². The summed E-state index contributed by atoms with van der Waals surface area (Å²) < 4.78 is 11.1. The van der Waals surface area contributed by atoms with E-state index in [2.05, 4.69) is 0 Å². The molecule has 2 nitrogen and oxygen atoms in total. The Morgan fingerprint density at radius 3 is 1.40 bits per heavy atom. The number of hydrogen-bond donors (Lipinski definition) is 0. The molecule has 0 bridgehead atoms. The molecule has 0 unspecified atom stereocenters. The van der Waals surface area contributed by atoms with Crippen molar-refractivity contribution in [2.24, 2.45) is 0 Å². The summed E-state index contributed by atoms with van der Waals surface area (Å²) in [5.74, 6) is 1.78. The standard InChI is InChI=1S/2C6H6O.Zr/c2*7-6-4-2-1-3-5-6;/h2*1-5,7H;/q;;+2/p-2. The molecule has 2 aromatic carbocycles. The number of para-hydroxylation sites is 2. The number of benzene rings is 2. The number of hydrogen-bond acceptors (Lipinski definition) is 2. The molecule has 74 valence electrons. The second-order valence-electron chi connectivity index (χ2n) is 2.91. The van der Waals surface area contributed by atoms with Gasteiger partial charge >= 0.3 is 102 Å². The van der Waals surface area contributed by atoms with E-state index in [0.717, 1.165) is 11.5 Å². The second-order valence-corrected chi connectivity index (χ2v) is 4.33. The molecule has 0 fully saturated rings. The molecule has 2 rings (SSSR count). The van der Waals surface area contributed by atoms with Crippen molar-refractivity contribution >= 4 is 0 Å². The minimum atomic E-state index is -1.26. The van der Waals surface area contributed by atoms with E-state index < -0.39 is 24.1 Å². The van der Waals surface area contributed by atoms with Crippen LogP contribution in [0.15, 0.2) is 60.7 Å². The van der Waals surface area contributed by atoms with E-state index in [0.29, 0.717) is 0 Å². The molecule has 15 heavy (non-hydrogen) atoms. The van der Waals surface area contributed by atoms with Gasteiger partial charge in [0.2, 0.25) is 0 Å². The van der Waals surface area contributed by atoms with E-state index in [4.69, 9.17) is 5.63 Å². The average Bonchev–Trinajstić information content (AvgIpc) is 2.32. The Morgan fingerprint density at radius 2 is 1.00 bits per heavy atom. The number of rotatable bonds is 4. The third-order valence-electron chi connectivity index (χ3n) is 1.81. The monoisotopic (exact) mass is 276 g/mol. The molecule has 0 saturated carbocycles. The summed E-state index contributed by atoms with van der Waals surface area (Å²) in [5, 5.41) is 0. The molecule has 0 aliphatic rings. The Hall–Kier alpha value is -1.08. The zero-order chi connectivity index (χ0) is 10.3. The van der Waals surface area contributed by atoms with Crippen molar-refractivity contribution in [2.75, 3.05) is 0 Å². The molecule has 0 saturated heterocycles. The summed E-state index contributed by atoms with van der Waals surface area (Å²) in [7, 11) is 0. The topological polar surface area (TPSA) is 18.5 Å². The van der Waals surface area contributed by atoms with Crippen LogP contribution in [0.25, 0.3) is 0 Å². The summed E-state index contributed by atoms with van der Waals surface area (Å²) in [5.41, 5.74) is 0. The molecule has 0 aliphatic heterocycles. The zero-order valence-corrected chi connectivity index (χ0v) is 10.5. The van der Waals surface area contributed by atoms with Gasteiger partial charge in [0, 0.05) is 0 Å². The molecule has 0 aromatic heterocycles. The molecule has 3 heteroatoms. The molecule has 0 amide bonds. The molecule has 0 radical (unpaired) electrons. The zero-order valence-electron chi connectivity index (χ0n) is 8.09. The fraction of sp³-hybridized carbons (Fsp3) is 0. The third kappa shape index (κ3) is 3.52. The fourth-order valence-electron chi connectivity index (χ4n) is 1.09. The third-order valence-corrected chi connectivity index (χ3v) is 3.37. The van der Waals surface area contributed by atoms with Crippen LogP contribution >= 0.6 is 0 Å². The van der Waals surface area contributed by atoms with Gasteiger partial charge in [0.15, 0.2) is 0 Å². The summed E-state index contributed by atoms with van der Waals surface area (Å²) in [6, 6.07) is 19.5. The first-order chi connectivity index (χ1) is 7.45. The van der Waals surface area contributed by atoms with Crippen molar-refractivity contribution in [1.29, 1.82) is 0 Å². The van der Waals surface area contributed by atoms with Gasteiger partial charge in [-0.3, -0.25) is 0 Å². The van der Waals surface area contributed by atoms with Gasteiger partial charge in [-0.1, -0.05) is 0 Å². The Labute approximate surface area is 102 Å². The van der Waals surface area contributed by atoms with Gasteiger partial charge in [-0.15, -0.1) is 0 Å². The van der Waals surface area contributed by atoms with Gasteiger partial charge in [-0.25, -0.2) is 0 Å². The van der Waals surface area contributed by atoms with E-state index in [1.54, 1.807) is 0 Å². The van der Waals surface area contributed by atoms with Gasteiger partial charge in [0.05, 0.1) is 0 Å². The van der Waals surface area contributed by atoms with Crippen LogP contribution in [-0.4, -0.2) is 0 Å². The van der Waals surface area contributed by atoms with Crippen LogP contribution in [0.5, 0.6) is 11.5 Å². The predicted molar refractivity (Wildman–Crippen MR) is 54.1 cm³/mol. The van der Waals surface area contributed by atoms with E-state index in [9.17, 15) is 0 Å².